The van der Waals surface area contributed by atoms with Crippen LogP contribution in [0.5, 0.6) is 0 Å². The summed E-state index contributed by atoms with van der Waals surface area (Å²) in [6.45, 7) is 3.40. The fourth-order valence-corrected chi connectivity index (χ4v) is 1.86. The number of carbonyl (C=O) groups is 2. The number of carbonyl (C=O) groups excluding carboxylic acids is 2. The van der Waals surface area contributed by atoms with Gasteiger partial charge in [-0.25, -0.2) is 0 Å². The second kappa shape index (κ2) is 7.65. The van der Waals surface area contributed by atoms with Crippen LogP contribution in [0.15, 0.2) is 24.3 Å². The summed E-state index contributed by atoms with van der Waals surface area (Å²) in [5.41, 5.74) is 0.437. The van der Waals surface area contributed by atoms with Crippen LogP contribution in [-0.4, -0.2) is 35.8 Å². The zero-order valence-corrected chi connectivity index (χ0v) is 13.0. The molecule has 1 N–H and O–H groups in total. The van der Waals surface area contributed by atoms with Gasteiger partial charge in [0.1, 0.15) is 6.04 Å². The quantitative estimate of drug-likeness (QED) is 0.906. The molecule has 0 bridgehead atoms. The lowest BCUT2D eigenvalue weighted by molar-refractivity contribution is -0.133. The van der Waals surface area contributed by atoms with Crippen molar-refractivity contribution in [3.05, 3.63) is 34.9 Å². The molecule has 1 aromatic carbocycles. The van der Waals surface area contributed by atoms with Crippen LogP contribution < -0.4 is 5.32 Å². The lowest BCUT2D eigenvalue weighted by Gasteiger charge is -2.26. The van der Waals surface area contributed by atoms with E-state index in [1.807, 2.05) is 6.07 Å². The first-order valence-corrected chi connectivity index (χ1v) is 6.94. The van der Waals surface area contributed by atoms with Crippen molar-refractivity contribution in [2.24, 2.45) is 0 Å². The molecule has 5 nitrogen and oxygen atoms in total. The van der Waals surface area contributed by atoms with E-state index in [1.165, 1.54) is 4.90 Å². The van der Waals surface area contributed by atoms with Gasteiger partial charge in [-0.1, -0.05) is 11.6 Å². The van der Waals surface area contributed by atoms with Gasteiger partial charge in [-0.2, -0.15) is 5.26 Å². The first kappa shape index (κ1) is 17.0. The number of nitriles is 1. The highest BCUT2D eigenvalue weighted by atomic mass is 35.5. The molecular formula is C15H18ClN3O2. The highest BCUT2D eigenvalue weighted by Gasteiger charge is 2.23. The van der Waals surface area contributed by atoms with Crippen molar-refractivity contribution in [1.29, 1.82) is 5.26 Å². The molecule has 0 saturated heterocycles. The predicted octanol–water partition coefficient (Wildman–Crippen LogP) is 2.22. The summed E-state index contributed by atoms with van der Waals surface area (Å²) in [6, 6.07) is 7.57. The van der Waals surface area contributed by atoms with E-state index < -0.39 is 6.04 Å². The zero-order chi connectivity index (χ0) is 16.0. The number of hydrogen-bond donors (Lipinski definition) is 1. The summed E-state index contributed by atoms with van der Waals surface area (Å²) in [5.74, 6) is -0.575. The summed E-state index contributed by atoms with van der Waals surface area (Å²) >= 11 is 5.76. The van der Waals surface area contributed by atoms with Crippen molar-refractivity contribution in [3.8, 4) is 6.07 Å². The number of amides is 2. The zero-order valence-electron chi connectivity index (χ0n) is 12.3. The van der Waals surface area contributed by atoms with Gasteiger partial charge >= 0.3 is 0 Å². The number of halogens is 1. The minimum atomic E-state index is -0.667. The topological polar surface area (TPSA) is 73.2 Å². The van der Waals surface area contributed by atoms with Crippen LogP contribution >= 0.6 is 11.6 Å². The summed E-state index contributed by atoms with van der Waals surface area (Å²) in [6.07, 6.45) is 0.250. The smallest absolute Gasteiger partial charge is 0.251 e. The minimum absolute atomic E-state index is 0.197. The normalized spacial score (nSPS) is 12.9. The average molecular weight is 308 g/mol. The molecule has 0 aliphatic heterocycles. The van der Waals surface area contributed by atoms with Crippen molar-refractivity contribution in [3.63, 3.8) is 0 Å². The van der Waals surface area contributed by atoms with Crippen LogP contribution in [-0.2, 0) is 4.79 Å². The van der Waals surface area contributed by atoms with E-state index in [0.29, 0.717) is 10.6 Å². The van der Waals surface area contributed by atoms with E-state index >= 15 is 0 Å². The minimum Gasteiger partial charge on any atom is -0.341 e. The second-order valence-electron chi connectivity index (χ2n) is 4.86. The van der Waals surface area contributed by atoms with Gasteiger partial charge in [-0.05, 0) is 38.1 Å². The number of benzene rings is 1. The summed E-state index contributed by atoms with van der Waals surface area (Å²) < 4.78 is 0. The van der Waals surface area contributed by atoms with Crippen LogP contribution in [0.1, 0.15) is 30.6 Å². The Labute approximate surface area is 129 Å². The summed E-state index contributed by atoms with van der Waals surface area (Å²) in [7, 11) is 1.62. The molecule has 1 aromatic rings. The first-order valence-electron chi connectivity index (χ1n) is 6.57. The molecule has 6 heteroatoms. The van der Waals surface area contributed by atoms with Crippen LogP contribution in [0.2, 0.25) is 5.02 Å². The van der Waals surface area contributed by atoms with Crippen LogP contribution in [0.25, 0.3) is 0 Å². The highest BCUT2D eigenvalue weighted by molar-refractivity contribution is 6.30. The third-order valence-corrected chi connectivity index (χ3v) is 3.47. The van der Waals surface area contributed by atoms with Crippen molar-refractivity contribution in [2.75, 3.05) is 7.05 Å². The summed E-state index contributed by atoms with van der Waals surface area (Å²) in [4.78, 5) is 25.6. The molecule has 0 radical (unpaired) electrons. The number of nitrogens with one attached hydrogen (secondary N) is 1. The average Bonchev–Trinajstić information content (AvgIpc) is 2.46. The van der Waals surface area contributed by atoms with Crippen molar-refractivity contribution >= 4 is 23.4 Å². The van der Waals surface area contributed by atoms with E-state index in [2.05, 4.69) is 5.32 Å². The SMILES string of the molecule is C[C@H](CC#N)N(C)C(=O)[C@@H](C)NC(=O)c1ccc(Cl)cc1. The van der Waals surface area contributed by atoms with Crippen LogP contribution in [0.4, 0.5) is 0 Å². The fourth-order valence-electron chi connectivity index (χ4n) is 1.73. The molecule has 1 rings (SSSR count). The molecule has 21 heavy (non-hydrogen) atoms. The molecule has 0 unspecified atom stereocenters. The van der Waals surface area contributed by atoms with Crippen molar-refractivity contribution in [1.82, 2.24) is 10.2 Å². The van der Waals surface area contributed by atoms with Gasteiger partial charge in [0.2, 0.25) is 5.91 Å². The maximum atomic E-state index is 12.2. The Morgan fingerprint density at radius 2 is 1.90 bits per heavy atom. The number of likely N-dealkylation sites (N-methyl/N-ethyl adjacent to an activating group) is 1. The van der Waals surface area contributed by atoms with Crippen LogP contribution in [0, 0.1) is 11.3 Å². The molecule has 0 heterocycles. The highest BCUT2D eigenvalue weighted by Crippen LogP contribution is 2.10. The van der Waals surface area contributed by atoms with Gasteiger partial charge in [0, 0.05) is 23.7 Å². The first-order chi connectivity index (χ1) is 9.86. The largest absolute Gasteiger partial charge is 0.341 e. The molecule has 2 atom stereocenters. The molecular weight excluding hydrogens is 290 g/mol. The molecule has 0 fully saturated rings. The summed E-state index contributed by atoms with van der Waals surface area (Å²) in [5, 5.41) is 11.8. The van der Waals surface area contributed by atoms with Gasteiger partial charge in [0.15, 0.2) is 0 Å². The van der Waals surface area contributed by atoms with Gasteiger partial charge in [0.25, 0.3) is 5.91 Å². The molecule has 0 aromatic heterocycles. The molecule has 0 saturated carbocycles. The Bertz CT molecular complexity index is 551. The Hall–Kier alpha value is -2.06. The van der Waals surface area contributed by atoms with E-state index in [-0.39, 0.29) is 24.3 Å². The molecule has 0 aliphatic rings. The third kappa shape index (κ3) is 4.76. The molecule has 0 spiro atoms. The van der Waals surface area contributed by atoms with Gasteiger partial charge in [-0.15, -0.1) is 0 Å². The monoisotopic (exact) mass is 307 g/mol. The van der Waals surface area contributed by atoms with Crippen molar-refractivity contribution in [2.45, 2.75) is 32.4 Å². The maximum Gasteiger partial charge on any atom is 0.251 e. The van der Waals surface area contributed by atoms with E-state index in [4.69, 9.17) is 16.9 Å². The number of rotatable bonds is 5. The Morgan fingerprint density at radius 3 is 2.43 bits per heavy atom. The Morgan fingerprint density at radius 1 is 1.33 bits per heavy atom. The fraction of sp³-hybridized carbons (Fsp3) is 0.400. The van der Waals surface area contributed by atoms with E-state index in [0.717, 1.165) is 0 Å². The predicted molar refractivity (Wildman–Crippen MR) is 80.8 cm³/mol. The Balaban J connectivity index is 2.65. The lowest BCUT2D eigenvalue weighted by Crippen LogP contribution is -2.48. The van der Waals surface area contributed by atoms with Gasteiger partial charge in [0.05, 0.1) is 12.5 Å². The standard InChI is InChI=1S/C15H18ClN3O2/c1-10(8-9-17)19(3)15(21)11(2)18-14(20)12-4-6-13(16)7-5-12/h4-7,10-11H,8H2,1-3H3,(H,18,20)/t10-,11-/m1/s1. The van der Waals surface area contributed by atoms with Crippen molar-refractivity contribution < 1.29 is 9.59 Å². The molecule has 2 amide bonds. The van der Waals surface area contributed by atoms with E-state index in [1.54, 1.807) is 45.2 Å². The third-order valence-electron chi connectivity index (χ3n) is 3.22. The molecule has 112 valence electrons. The van der Waals surface area contributed by atoms with Crippen LogP contribution in [0.3, 0.4) is 0 Å². The number of nitrogens with zero attached hydrogens (tertiary/aromatic N) is 2. The Kier molecular flexibility index (Phi) is 6.19. The van der Waals surface area contributed by atoms with Gasteiger partial charge < -0.3 is 10.2 Å². The number of hydrogen-bond acceptors (Lipinski definition) is 3. The lowest BCUT2D eigenvalue weighted by atomic mass is 10.1. The van der Waals surface area contributed by atoms with E-state index in [9.17, 15) is 9.59 Å². The maximum absolute atomic E-state index is 12.2. The second-order valence-corrected chi connectivity index (χ2v) is 5.30. The molecule has 0 aliphatic carbocycles. The van der Waals surface area contributed by atoms with Gasteiger partial charge in [-0.3, -0.25) is 9.59 Å².